The number of methoxy groups -OCH3 is 1. The van der Waals surface area contributed by atoms with Crippen LogP contribution in [0.15, 0.2) is 22.7 Å². The summed E-state index contributed by atoms with van der Waals surface area (Å²) >= 11 is 0. The van der Waals surface area contributed by atoms with E-state index in [-0.39, 0.29) is 30.1 Å². The van der Waals surface area contributed by atoms with E-state index < -0.39 is 0 Å². The molecule has 1 atom stereocenters. The summed E-state index contributed by atoms with van der Waals surface area (Å²) in [6.07, 6.45) is 1.64. The highest BCUT2D eigenvalue weighted by molar-refractivity contribution is 5.94. The van der Waals surface area contributed by atoms with Crippen LogP contribution in [-0.4, -0.2) is 39.6 Å². The summed E-state index contributed by atoms with van der Waals surface area (Å²) in [5.74, 6) is 0.701. The monoisotopic (exact) mass is 358 g/mol. The second kappa shape index (κ2) is 6.53. The second-order valence-electron chi connectivity index (χ2n) is 6.44. The average molecular weight is 358 g/mol. The number of nitrogens with one attached hydrogen (secondary N) is 1. The quantitative estimate of drug-likeness (QED) is 0.775. The molecule has 0 bridgehead atoms. The van der Waals surface area contributed by atoms with Crippen LogP contribution in [0.1, 0.15) is 46.5 Å². The molecule has 1 amide bonds. The Morgan fingerprint density at radius 2 is 2.35 bits per heavy atom. The first-order chi connectivity index (χ1) is 12.6. The molecule has 0 spiro atoms. The first kappa shape index (κ1) is 16.7. The van der Waals surface area contributed by atoms with Crippen molar-refractivity contribution in [1.82, 2.24) is 20.0 Å². The number of halogens is 1. The molecule has 1 aliphatic heterocycles. The van der Waals surface area contributed by atoms with E-state index in [9.17, 15) is 9.18 Å². The minimum Gasteiger partial charge on any atom is -0.380 e. The highest BCUT2D eigenvalue weighted by Gasteiger charge is 2.35. The molecule has 0 saturated carbocycles. The Morgan fingerprint density at radius 3 is 3.15 bits per heavy atom. The van der Waals surface area contributed by atoms with Crippen LogP contribution in [0.5, 0.6) is 0 Å². The molecule has 26 heavy (non-hydrogen) atoms. The molecule has 1 aromatic carbocycles. The summed E-state index contributed by atoms with van der Waals surface area (Å²) in [6, 6.07) is 4.21. The minimum atomic E-state index is -0.325. The number of aryl methyl sites for hydroxylation is 1. The van der Waals surface area contributed by atoms with Gasteiger partial charge in [0.1, 0.15) is 17.4 Å². The van der Waals surface area contributed by atoms with E-state index in [1.807, 2.05) is 0 Å². The highest BCUT2D eigenvalue weighted by atomic mass is 19.1. The van der Waals surface area contributed by atoms with Gasteiger partial charge in [0.25, 0.3) is 5.91 Å². The van der Waals surface area contributed by atoms with Gasteiger partial charge in [-0.05, 0) is 38.0 Å². The summed E-state index contributed by atoms with van der Waals surface area (Å²) in [5.41, 5.74) is 2.24. The van der Waals surface area contributed by atoms with Crippen molar-refractivity contribution in [1.29, 1.82) is 0 Å². The molecule has 3 heterocycles. The smallest absolute Gasteiger partial charge is 0.277 e. The van der Waals surface area contributed by atoms with Crippen LogP contribution in [0.3, 0.4) is 0 Å². The number of carbonyl (C=O) groups is 1. The molecule has 0 unspecified atom stereocenters. The lowest BCUT2D eigenvalue weighted by Gasteiger charge is -2.22. The van der Waals surface area contributed by atoms with Crippen LogP contribution in [0.4, 0.5) is 4.39 Å². The van der Waals surface area contributed by atoms with Crippen molar-refractivity contribution in [3.8, 4) is 0 Å². The zero-order valence-electron chi connectivity index (χ0n) is 14.6. The maximum atomic E-state index is 13.4. The first-order valence-electron chi connectivity index (χ1n) is 8.48. The standard InChI is InChI=1S/C18H19FN4O3/c1-10-12(9-25-2)16(22-26-10)18(24)23-7-3-4-15(23)17-20-13-6-5-11(19)8-14(13)21-17/h5-6,8,15H,3-4,7,9H2,1-2H3,(H,20,21)/t15-/m0/s1. The summed E-state index contributed by atoms with van der Waals surface area (Å²) in [4.78, 5) is 22.5. The van der Waals surface area contributed by atoms with Crippen molar-refractivity contribution >= 4 is 16.9 Å². The number of rotatable bonds is 4. The Hall–Kier alpha value is -2.74. The zero-order valence-corrected chi connectivity index (χ0v) is 14.6. The van der Waals surface area contributed by atoms with Gasteiger partial charge >= 0.3 is 0 Å². The highest BCUT2D eigenvalue weighted by Crippen LogP contribution is 2.33. The molecular formula is C18H19FN4O3. The summed E-state index contributed by atoms with van der Waals surface area (Å²) in [7, 11) is 1.56. The fraction of sp³-hybridized carbons (Fsp3) is 0.389. The maximum absolute atomic E-state index is 13.4. The molecule has 0 aliphatic carbocycles. The van der Waals surface area contributed by atoms with E-state index >= 15 is 0 Å². The van der Waals surface area contributed by atoms with Crippen LogP contribution in [0.2, 0.25) is 0 Å². The van der Waals surface area contributed by atoms with Gasteiger partial charge in [-0.2, -0.15) is 0 Å². The molecule has 8 heteroatoms. The van der Waals surface area contributed by atoms with Crippen molar-refractivity contribution in [2.45, 2.75) is 32.4 Å². The number of aromatic nitrogens is 3. The number of likely N-dealkylation sites (tertiary alicyclic amines) is 1. The van der Waals surface area contributed by atoms with Crippen molar-refractivity contribution in [2.24, 2.45) is 0 Å². The number of ether oxygens (including phenoxy) is 1. The van der Waals surface area contributed by atoms with Crippen molar-refractivity contribution in [3.05, 3.63) is 46.9 Å². The number of H-pyrrole nitrogens is 1. The van der Waals surface area contributed by atoms with Gasteiger partial charge in [-0.15, -0.1) is 0 Å². The molecule has 4 rings (SSSR count). The van der Waals surface area contributed by atoms with Crippen LogP contribution >= 0.6 is 0 Å². The third-order valence-electron chi connectivity index (χ3n) is 4.77. The zero-order chi connectivity index (χ0) is 18.3. The molecule has 136 valence electrons. The van der Waals surface area contributed by atoms with Gasteiger partial charge in [0, 0.05) is 13.7 Å². The van der Waals surface area contributed by atoms with Crippen molar-refractivity contribution < 1.29 is 18.4 Å². The van der Waals surface area contributed by atoms with Gasteiger partial charge in [-0.1, -0.05) is 5.16 Å². The Morgan fingerprint density at radius 1 is 1.50 bits per heavy atom. The SMILES string of the molecule is COCc1c(C(=O)N2CCC[C@H]2c2nc3ccc(F)cc3[nH]2)noc1C. The summed E-state index contributed by atoms with van der Waals surface area (Å²) in [5, 5.41) is 3.93. The number of imidazole rings is 1. The number of aromatic amines is 1. The van der Waals surface area contributed by atoms with E-state index in [4.69, 9.17) is 9.26 Å². The largest absolute Gasteiger partial charge is 0.380 e. The van der Waals surface area contributed by atoms with E-state index in [1.165, 1.54) is 12.1 Å². The van der Waals surface area contributed by atoms with Gasteiger partial charge in [0.05, 0.1) is 29.2 Å². The number of fused-ring (bicyclic) bond motifs is 1. The number of benzene rings is 1. The van der Waals surface area contributed by atoms with Crippen LogP contribution in [0, 0.1) is 12.7 Å². The number of amides is 1. The van der Waals surface area contributed by atoms with Crippen molar-refractivity contribution in [2.75, 3.05) is 13.7 Å². The summed E-state index contributed by atoms with van der Waals surface area (Å²) in [6.45, 7) is 2.62. The van der Waals surface area contributed by atoms with Crippen LogP contribution in [0.25, 0.3) is 11.0 Å². The topological polar surface area (TPSA) is 84.2 Å². The van der Waals surface area contributed by atoms with Crippen molar-refractivity contribution in [3.63, 3.8) is 0 Å². The van der Waals surface area contributed by atoms with E-state index in [0.717, 1.165) is 12.8 Å². The summed E-state index contributed by atoms with van der Waals surface area (Å²) < 4.78 is 23.8. The van der Waals surface area contributed by atoms with E-state index in [1.54, 1.807) is 25.0 Å². The van der Waals surface area contributed by atoms with Gasteiger partial charge in [0.2, 0.25) is 0 Å². The molecule has 7 nitrogen and oxygen atoms in total. The molecule has 3 aromatic rings. The third kappa shape index (κ3) is 2.76. The molecule has 0 radical (unpaired) electrons. The fourth-order valence-corrected chi connectivity index (χ4v) is 3.46. The molecule has 2 aromatic heterocycles. The van der Waals surface area contributed by atoms with Gasteiger partial charge < -0.3 is 19.1 Å². The van der Waals surface area contributed by atoms with E-state index in [0.29, 0.717) is 34.7 Å². The second-order valence-corrected chi connectivity index (χ2v) is 6.44. The molecule has 1 saturated heterocycles. The lowest BCUT2D eigenvalue weighted by Crippen LogP contribution is -2.32. The van der Waals surface area contributed by atoms with Gasteiger partial charge in [-0.3, -0.25) is 4.79 Å². The van der Waals surface area contributed by atoms with Crippen LogP contribution < -0.4 is 0 Å². The molecule has 1 fully saturated rings. The lowest BCUT2D eigenvalue weighted by molar-refractivity contribution is 0.0715. The Labute approximate surface area is 149 Å². The lowest BCUT2D eigenvalue weighted by atomic mass is 10.1. The van der Waals surface area contributed by atoms with E-state index in [2.05, 4.69) is 15.1 Å². The molecule has 1 N–H and O–H groups in total. The van der Waals surface area contributed by atoms with Gasteiger partial charge in [-0.25, -0.2) is 9.37 Å². The fourth-order valence-electron chi connectivity index (χ4n) is 3.46. The first-order valence-corrected chi connectivity index (χ1v) is 8.48. The molecular weight excluding hydrogens is 339 g/mol. The van der Waals surface area contributed by atoms with Crippen LogP contribution in [-0.2, 0) is 11.3 Å². The normalized spacial score (nSPS) is 17.3. The minimum absolute atomic E-state index is 0.203. The Kier molecular flexibility index (Phi) is 4.20. The number of hydrogen-bond acceptors (Lipinski definition) is 5. The number of nitrogens with zero attached hydrogens (tertiary/aromatic N) is 3. The predicted molar refractivity (Wildman–Crippen MR) is 91.0 cm³/mol. The number of hydrogen-bond donors (Lipinski definition) is 1. The third-order valence-corrected chi connectivity index (χ3v) is 4.77. The Balaban J connectivity index is 1.66. The predicted octanol–water partition coefficient (Wildman–Crippen LogP) is 3.12. The maximum Gasteiger partial charge on any atom is 0.277 e. The van der Waals surface area contributed by atoms with Gasteiger partial charge in [0.15, 0.2) is 5.69 Å². The Bertz CT molecular complexity index is 965. The molecule has 1 aliphatic rings. The average Bonchev–Trinajstić information content (AvgIpc) is 3.33. The number of carbonyl (C=O) groups excluding carboxylic acids is 1.